The predicted octanol–water partition coefficient (Wildman–Crippen LogP) is 3.69. The summed E-state index contributed by atoms with van der Waals surface area (Å²) in [5.74, 6) is -1.15. The van der Waals surface area contributed by atoms with E-state index in [0.717, 1.165) is 24.3 Å². The van der Waals surface area contributed by atoms with Crippen LogP contribution in [0, 0.1) is 5.82 Å². The van der Waals surface area contributed by atoms with Crippen molar-refractivity contribution in [2.45, 2.75) is 43.7 Å². The Kier molecular flexibility index (Phi) is 8.46. The molecule has 7 nitrogen and oxygen atoms in total. The minimum atomic E-state index is -4.47. The van der Waals surface area contributed by atoms with Crippen molar-refractivity contribution in [3.8, 4) is 0 Å². The Labute approximate surface area is 193 Å². The summed E-state index contributed by atoms with van der Waals surface area (Å²) in [5.41, 5.74) is -0.689. The van der Waals surface area contributed by atoms with Crippen LogP contribution in [0.4, 0.5) is 28.0 Å². The van der Waals surface area contributed by atoms with Crippen LogP contribution in [0.15, 0.2) is 48.5 Å². The molecule has 34 heavy (non-hydrogen) atoms. The molecule has 3 rings (SSSR count). The van der Waals surface area contributed by atoms with E-state index in [9.17, 15) is 32.3 Å². The van der Waals surface area contributed by atoms with Crippen LogP contribution in [0.1, 0.15) is 35.2 Å². The summed E-state index contributed by atoms with van der Waals surface area (Å²) in [6.07, 6.45) is -3.99. The number of halogens is 4. The number of benzene rings is 2. The zero-order chi connectivity index (χ0) is 24.7. The number of carbonyl (C=O) groups excluding carboxylic acids is 2. The van der Waals surface area contributed by atoms with Crippen molar-refractivity contribution in [3.05, 3.63) is 65.5 Å². The van der Waals surface area contributed by atoms with Crippen LogP contribution in [0.5, 0.6) is 0 Å². The summed E-state index contributed by atoms with van der Waals surface area (Å²) in [6, 6.07) is 8.52. The van der Waals surface area contributed by atoms with Gasteiger partial charge in [-0.3, -0.25) is 4.79 Å². The number of amides is 3. The SMILES string of the molecule is O=C(Nc1ccc(C(F)(F)F)cc1)N[C@H]1CC[C@@H](CCNC(=O)c2ccccc2F)O[C@@H]1CO. The van der Waals surface area contributed by atoms with Gasteiger partial charge >= 0.3 is 12.2 Å². The highest BCUT2D eigenvalue weighted by atomic mass is 19.4. The van der Waals surface area contributed by atoms with Crippen molar-refractivity contribution in [3.63, 3.8) is 0 Å². The average molecular weight is 483 g/mol. The van der Waals surface area contributed by atoms with Crippen LogP contribution in [-0.4, -0.2) is 48.4 Å². The van der Waals surface area contributed by atoms with Gasteiger partial charge in [-0.25, -0.2) is 9.18 Å². The first-order valence-corrected chi connectivity index (χ1v) is 10.7. The standard InChI is InChI=1S/C23H25F4N3O4/c24-18-4-2-1-3-17(18)21(32)28-12-11-16-9-10-19(20(13-31)34-16)30-22(33)29-15-7-5-14(6-8-15)23(25,26)27/h1-8,16,19-20,31H,9-13H2,(H,28,32)(H2,29,30,33)/t16-,19-,20+/m0/s1. The maximum absolute atomic E-state index is 13.7. The first-order chi connectivity index (χ1) is 16.2. The van der Waals surface area contributed by atoms with Gasteiger partial charge in [-0.1, -0.05) is 12.1 Å². The number of urea groups is 1. The lowest BCUT2D eigenvalue weighted by atomic mass is 9.97. The molecule has 2 aromatic rings. The summed E-state index contributed by atoms with van der Waals surface area (Å²) >= 11 is 0. The van der Waals surface area contributed by atoms with Gasteiger partial charge < -0.3 is 25.8 Å². The Balaban J connectivity index is 1.44. The second-order valence-electron chi connectivity index (χ2n) is 7.86. The Morgan fingerprint density at radius 2 is 1.76 bits per heavy atom. The number of ether oxygens (including phenoxy) is 1. The third-order valence-corrected chi connectivity index (χ3v) is 5.45. The van der Waals surface area contributed by atoms with Gasteiger partial charge in [0.25, 0.3) is 5.91 Å². The number of rotatable bonds is 7. The molecule has 0 saturated carbocycles. The fourth-order valence-corrected chi connectivity index (χ4v) is 3.67. The van der Waals surface area contributed by atoms with Crippen LogP contribution < -0.4 is 16.0 Å². The molecular formula is C23H25F4N3O4. The Morgan fingerprint density at radius 1 is 1.06 bits per heavy atom. The lowest BCUT2D eigenvalue weighted by Crippen LogP contribution is -2.52. The van der Waals surface area contributed by atoms with Gasteiger partial charge in [-0.2, -0.15) is 13.2 Å². The van der Waals surface area contributed by atoms with Gasteiger partial charge in [-0.05, 0) is 55.7 Å². The third kappa shape index (κ3) is 6.91. The van der Waals surface area contributed by atoms with E-state index < -0.39 is 41.6 Å². The van der Waals surface area contributed by atoms with E-state index in [0.29, 0.717) is 19.3 Å². The Bertz CT molecular complexity index is 985. The maximum atomic E-state index is 13.7. The van der Waals surface area contributed by atoms with Crippen LogP contribution in [-0.2, 0) is 10.9 Å². The molecule has 11 heteroatoms. The minimum absolute atomic E-state index is 0.0522. The third-order valence-electron chi connectivity index (χ3n) is 5.45. The summed E-state index contributed by atoms with van der Waals surface area (Å²) in [5, 5.41) is 17.4. The molecule has 1 aliphatic heterocycles. The zero-order valence-corrected chi connectivity index (χ0v) is 18.1. The highest BCUT2D eigenvalue weighted by Crippen LogP contribution is 2.30. The zero-order valence-electron chi connectivity index (χ0n) is 18.1. The number of nitrogens with one attached hydrogen (secondary N) is 3. The van der Waals surface area contributed by atoms with E-state index >= 15 is 0 Å². The van der Waals surface area contributed by atoms with Gasteiger partial charge in [0, 0.05) is 12.2 Å². The molecule has 3 amide bonds. The molecule has 184 valence electrons. The second kappa shape index (κ2) is 11.3. The van der Waals surface area contributed by atoms with Crippen LogP contribution in [0.25, 0.3) is 0 Å². The molecule has 1 saturated heterocycles. The number of carbonyl (C=O) groups is 2. The molecule has 0 aliphatic carbocycles. The number of hydrogen-bond donors (Lipinski definition) is 4. The van der Waals surface area contributed by atoms with E-state index in [1.54, 1.807) is 6.07 Å². The molecule has 0 bridgehead atoms. The van der Waals surface area contributed by atoms with Crippen LogP contribution >= 0.6 is 0 Å². The van der Waals surface area contributed by atoms with Crippen molar-refractivity contribution >= 4 is 17.6 Å². The average Bonchev–Trinajstić information content (AvgIpc) is 2.80. The minimum Gasteiger partial charge on any atom is -0.394 e. The van der Waals surface area contributed by atoms with Crippen LogP contribution in [0.2, 0.25) is 0 Å². The van der Waals surface area contributed by atoms with Gasteiger partial charge in [0.2, 0.25) is 0 Å². The highest BCUT2D eigenvalue weighted by Gasteiger charge is 2.32. The molecule has 0 aromatic heterocycles. The Morgan fingerprint density at radius 3 is 2.41 bits per heavy atom. The molecule has 4 N–H and O–H groups in total. The lowest BCUT2D eigenvalue weighted by molar-refractivity contribution is -0.137. The van der Waals surface area contributed by atoms with Crippen LogP contribution in [0.3, 0.4) is 0 Å². The number of hydrogen-bond acceptors (Lipinski definition) is 4. The fraction of sp³-hybridized carbons (Fsp3) is 0.391. The summed E-state index contributed by atoms with van der Waals surface area (Å²) in [7, 11) is 0. The van der Waals surface area contributed by atoms with E-state index in [1.165, 1.54) is 18.2 Å². The highest BCUT2D eigenvalue weighted by molar-refractivity contribution is 5.94. The largest absolute Gasteiger partial charge is 0.416 e. The smallest absolute Gasteiger partial charge is 0.394 e. The molecule has 1 aliphatic rings. The molecule has 0 radical (unpaired) electrons. The summed E-state index contributed by atoms with van der Waals surface area (Å²) < 4.78 is 57.4. The molecule has 1 fully saturated rings. The summed E-state index contributed by atoms with van der Waals surface area (Å²) in [6.45, 7) is -0.119. The first kappa shape index (κ1) is 25.4. The molecule has 0 spiro atoms. The number of anilines is 1. The summed E-state index contributed by atoms with van der Waals surface area (Å²) in [4.78, 5) is 24.3. The number of aliphatic hydroxyl groups excluding tert-OH is 1. The van der Waals surface area contributed by atoms with Crippen molar-refractivity contribution in [1.82, 2.24) is 10.6 Å². The number of aliphatic hydroxyl groups is 1. The van der Waals surface area contributed by atoms with E-state index in [2.05, 4.69) is 16.0 Å². The van der Waals surface area contributed by atoms with Crippen molar-refractivity contribution in [2.75, 3.05) is 18.5 Å². The lowest BCUT2D eigenvalue weighted by Gasteiger charge is -2.36. The molecule has 0 unspecified atom stereocenters. The maximum Gasteiger partial charge on any atom is 0.416 e. The Hall–Kier alpha value is -3.18. The van der Waals surface area contributed by atoms with Gasteiger partial charge in [-0.15, -0.1) is 0 Å². The fourth-order valence-electron chi connectivity index (χ4n) is 3.67. The van der Waals surface area contributed by atoms with Gasteiger partial charge in [0.1, 0.15) is 11.9 Å². The topological polar surface area (TPSA) is 99.7 Å². The quantitative estimate of drug-likeness (QED) is 0.452. The first-order valence-electron chi connectivity index (χ1n) is 10.7. The van der Waals surface area contributed by atoms with E-state index in [-0.39, 0.29) is 30.5 Å². The monoisotopic (exact) mass is 483 g/mol. The second-order valence-corrected chi connectivity index (χ2v) is 7.86. The molecule has 3 atom stereocenters. The predicted molar refractivity (Wildman–Crippen MR) is 116 cm³/mol. The van der Waals surface area contributed by atoms with Crippen molar-refractivity contribution in [1.29, 1.82) is 0 Å². The molecular weight excluding hydrogens is 458 g/mol. The van der Waals surface area contributed by atoms with Gasteiger partial charge in [0.05, 0.1) is 29.9 Å². The van der Waals surface area contributed by atoms with E-state index in [1.807, 2.05) is 0 Å². The molecule has 2 aromatic carbocycles. The molecule has 1 heterocycles. The van der Waals surface area contributed by atoms with Crippen molar-refractivity contribution in [2.24, 2.45) is 0 Å². The normalized spacial score (nSPS) is 20.4. The van der Waals surface area contributed by atoms with E-state index in [4.69, 9.17) is 4.74 Å². The number of alkyl halides is 3. The van der Waals surface area contributed by atoms with Crippen molar-refractivity contribution < 1.29 is 37.0 Å². The van der Waals surface area contributed by atoms with Gasteiger partial charge in [0.15, 0.2) is 0 Å².